The van der Waals surface area contributed by atoms with Crippen molar-refractivity contribution in [2.45, 2.75) is 25.8 Å². The van der Waals surface area contributed by atoms with Gasteiger partial charge < -0.3 is 14.8 Å². The molecule has 0 saturated carbocycles. The zero-order chi connectivity index (χ0) is 17.2. The average molecular weight is 338 g/mol. The Kier molecular flexibility index (Phi) is 3.97. The van der Waals surface area contributed by atoms with Gasteiger partial charge in [0.25, 0.3) is 0 Å². The van der Waals surface area contributed by atoms with E-state index in [0.717, 1.165) is 22.7 Å². The van der Waals surface area contributed by atoms with E-state index in [1.54, 1.807) is 0 Å². The largest absolute Gasteiger partial charge is 0.454 e. The molecular formula is C18H18N4O3. The Bertz CT molecular complexity index is 922. The van der Waals surface area contributed by atoms with Gasteiger partial charge >= 0.3 is 0 Å². The molecule has 0 saturated heterocycles. The molecule has 0 spiro atoms. The predicted octanol–water partition coefficient (Wildman–Crippen LogP) is 2.27. The first-order valence-corrected chi connectivity index (χ1v) is 8.18. The van der Waals surface area contributed by atoms with Gasteiger partial charge in [-0.3, -0.25) is 9.20 Å². The molecule has 3 heterocycles. The lowest BCUT2D eigenvalue weighted by Crippen LogP contribution is -2.28. The number of pyridine rings is 1. The van der Waals surface area contributed by atoms with Crippen molar-refractivity contribution in [1.29, 1.82) is 0 Å². The molecule has 25 heavy (non-hydrogen) atoms. The van der Waals surface area contributed by atoms with Crippen LogP contribution < -0.4 is 14.8 Å². The predicted molar refractivity (Wildman–Crippen MR) is 90.4 cm³/mol. The van der Waals surface area contributed by atoms with E-state index in [-0.39, 0.29) is 18.7 Å². The molecule has 0 aliphatic carbocycles. The van der Waals surface area contributed by atoms with E-state index < -0.39 is 0 Å². The van der Waals surface area contributed by atoms with Crippen molar-refractivity contribution in [2.24, 2.45) is 0 Å². The number of carbonyl (C=O) groups is 1. The summed E-state index contributed by atoms with van der Waals surface area (Å²) >= 11 is 0. The second-order valence-corrected chi connectivity index (χ2v) is 5.96. The smallest absolute Gasteiger partial charge is 0.231 e. The molecule has 1 aromatic carbocycles. The summed E-state index contributed by atoms with van der Waals surface area (Å²) in [5.74, 6) is 2.17. The van der Waals surface area contributed by atoms with Crippen LogP contribution in [0.3, 0.4) is 0 Å². The Balaban J connectivity index is 1.37. The van der Waals surface area contributed by atoms with Crippen molar-refractivity contribution in [1.82, 2.24) is 19.9 Å². The maximum absolute atomic E-state index is 12.3. The van der Waals surface area contributed by atoms with Gasteiger partial charge in [-0.05, 0) is 43.2 Å². The fourth-order valence-corrected chi connectivity index (χ4v) is 2.89. The van der Waals surface area contributed by atoms with Crippen molar-refractivity contribution in [3.8, 4) is 11.5 Å². The van der Waals surface area contributed by atoms with Crippen LogP contribution in [-0.2, 0) is 11.2 Å². The third kappa shape index (κ3) is 3.13. The molecule has 0 bridgehead atoms. The fourth-order valence-electron chi connectivity index (χ4n) is 2.89. The van der Waals surface area contributed by atoms with Crippen LogP contribution in [0.25, 0.3) is 5.65 Å². The summed E-state index contributed by atoms with van der Waals surface area (Å²) in [5.41, 5.74) is 1.80. The zero-order valence-electron chi connectivity index (χ0n) is 13.8. The summed E-state index contributed by atoms with van der Waals surface area (Å²) in [6.45, 7) is 2.16. The van der Waals surface area contributed by atoms with Gasteiger partial charge in [-0.1, -0.05) is 12.1 Å². The van der Waals surface area contributed by atoms with Crippen molar-refractivity contribution in [3.63, 3.8) is 0 Å². The maximum Gasteiger partial charge on any atom is 0.231 e. The number of hydrogen-bond donors (Lipinski definition) is 1. The van der Waals surface area contributed by atoms with Gasteiger partial charge in [-0.25, -0.2) is 0 Å². The molecule has 128 valence electrons. The topological polar surface area (TPSA) is 77.8 Å². The first-order chi connectivity index (χ1) is 12.2. The van der Waals surface area contributed by atoms with Crippen LogP contribution >= 0.6 is 0 Å². The third-order valence-corrected chi connectivity index (χ3v) is 4.18. The van der Waals surface area contributed by atoms with Crippen molar-refractivity contribution in [3.05, 3.63) is 54.0 Å². The number of ether oxygens (including phenoxy) is 2. The minimum atomic E-state index is -0.221. The van der Waals surface area contributed by atoms with Crippen molar-refractivity contribution in [2.75, 3.05) is 6.79 Å². The van der Waals surface area contributed by atoms with Gasteiger partial charge in [0, 0.05) is 12.6 Å². The second kappa shape index (κ2) is 6.43. The number of rotatable bonds is 5. The van der Waals surface area contributed by atoms with E-state index in [4.69, 9.17) is 9.47 Å². The Morgan fingerprint density at radius 3 is 3.04 bits per heavy atom. The summed E-state index contributed by atoms with van der Waals surface area (Å²) in [4.78, 5) is 12.3. The monoisotopic (exact) mass is 338 g/mol. The van der Waals surface area contributed by atoms with Crippen LogP contribution in [0.5, 0.6) is 11.5 Å². The van der Waals surface area contributed by atoms with Gasteiger partial charge in [0.1, 0.15) is 0 Å². The Hall–Kier alpha value is -3.09. The molecule has 4 rings (SSSR count). The van der Waals surface area contributed by atoms with E-state index in [1.807, 2.05) is 53.9 Å². The molecule has 0 fully saturated rings. The van der Waals surface area contributed by atoms with Gasteiger partial charge in [-0.2, -0.15) is 0 Å². The van der Waals surface area contributed by atoms with Crippen LogP contribution in [-0.4, -0.2) is 27.3 Å². The van der Waals surface area contributed by atoms with E-state index in [2.05, 4.69) is 15.5 Å². The summed E-state index contributed by atoms with van der Waals surface area (Å²) in [6, 6.07) is 11.2. The van der Waals surface area contributed by atoms with Crippen LogP contribution in [0, 0.1) is 0 Å². The van der Waals surface area contributed by atoms with Crippen LogP contribution in [0.1, 0.15) is 30.8 Å². The van der Waals surface area contributed by atoms with E-state index in [9.17, 15) is 4.79 Å². The number of aryl methyl sites for hydroxylation is 1. The molecule has 0 unspecified atom stereocenters. The molecule has 1 amide bonds. The van der Waals surface area contributed by atoms with Gasteiger partial charge in [0.15, 0.2) is 23.0 Å². The first kappa shape index (κ1) is 15.4. The number of fused-ring (bicyclic) bond motifs is 2. The molecule has 7 heteroatoms. The van der Waals surface area contributed by atoms with Crippen molar-refractivity contribution >= 4 is 11.6 Å². The molecule has 1 aliphatic heterocycles. The third-order valence-electron chi connectivity index (χ3n) is 4.18. The maximum atomic E-state index is 12.3. The van der Waals surface area contributed by atoms with Crippen LogP contribution in [0.2, 0.25) is 0 Å². The molecule has 1 atom stereocenters. The first-order valence-electron chi connectivity index (χ1n) is 8.18. The van der Waals surface area contributed by atoms with Crippen LogP contribution in [0.15, 0.2) is 42.6 Å². The number of nitrogens with one attached hydrogen (secondary N) is 1. The van der Waals surface area contributed by atoms with E-state index in [0.29, 0.717) is 18.7 Å². The SMILES string of the molecule is C[C@H](NC(=O)CCc1ccc2c(c1)OCO2)c1nnc2ccccn12. The van der Waals surface area contributed by atoms with Gasteiger partial charge in [-0.15, -0.1) is 10.2 Å². The highest BCUT2D eigenvalue weighted by Crippen LogP contribution is 2.32. The van der Waals surface area contributed by atoms with Crippen LogP contribution in [0.4, 0.5) is 0 Å². The molecule has 2 aromatic heterocycles. The minimum Gasteiger partial charge on any atom is -0.454 e. The highest BCUT2D eigenvalue weighted by atomic mass is 16.7. The number of carbonyl (C=O) groups excluding carboxylic acids is 1. The standard InChI is InChI=1S/C18H18N4O3/c1-12(18-21-20-16-4-2-3-9-22(16)18)19-17(23)8-6-13-5-7-14-15(10-13)25-11-24-14/h2-5,7,9-10,12H,6,8,11H2,1H3,(H,19,23)/t12-/m0/s1. The van der Waals surface area contributed by atoms with E-state index in [1.165, 1.54) is 0 Å². The Morgan fingerprint density at radius 1 is 1.24 bits per heavy atom. The highest BCUT2D eigenvalue weighted by molar-refractivity contribution is 5.76. The summed E-state index contributed by atoms with van der Waals surface area (Å²) in [6.07, 6.45) is 2.91. The number of hydrogen-bond acceptors (Lipinski definition) is 5. The van der Waals surface area contributed by atoms with Crippen molar-refractivity contribution < 1.29 is 14.3 Å². The zero-order valence-corrected chi connectivity index (χ0v) is 13.8. The normalized spacial score (nSPS) is 13.8. The number of aromatic nitrogens is 3. The lowest BCUT2D eigenvalue weighted by Gasteiger charge is -2.12. The molecule has 0 radical (unpaired) electrons. The molecule has 1 aliphatic rings. The highest BCUT2D eigenvalue weighted by Gasteiger charge is 2.17. The molecule has 3 aromatic rings. The molecule has 7 nitrogen and oxygen atoms in total. The molecule has 1 N–H and O–H groups in total. The van der Waals surface area contributed by atoms with Gasteiger partial charge in [0.2, 0.25) is 12.7 Å². The lowest BCUT2D eigenvalue weighted by atomic mass is 10.1. The van der Waals surface area contributed by atoms with Gasteiger partial charge in [0.05, 0.1) is 6.04 Å². The minimum absolute atomic E-state index is 0.0298. The van der Waals surface area contributed by atoms with E-state index >= 15 is 0 Å². The Labute approximate surface area is 144 Å². The lowest BCUT2D eigenvalue weighted by molar-refractivity contribution is -0.121. The number of benzene rings is 1. The Morgan fingerprint density at radius 2 is 2.12 bits per heavy atom. The summed E-state index contributed by atoms with van der Waals surface area (Å²) in [7, 11) is 0. The summed E-state index contributed by atoms with van der Waals surface area (Å²) in [5, 5.41) is 11.3. The second-order valence-electron chi connectivity index (χ2n) is 5.96. The molecular weight excluding hydrogens is 320 g/mol. The fraction of sp³-hybridized carbons (Fsp3) is 0.278. The number of nitrogens with zero attached hydrogens (tertiary/aromatic N) is 3. The summed E-state index contributed by atoms with van der Waals surface area (Å²) < 4.78 is 12.5. The quantitative estimate of drug-likeness (QED) is 0.772. The average Bonchev–Trinajstić information content (AvgIpc) is 3.26. The number of amides is 1.